The lowest BCUT2D eigenvalue weighted by atomic mass is 10.2. The number of nitrogens with zero attached hydrogens (tertiary/aromatic N) is 2. The van der Waals surface area contributed by atoms with Crippen molar-refractivity contribution in [2.75, 3.05) is 7.11 Å². The Hall–Kier alpha value is -2.12. The molecule has 0 fully saturated rings. The first-order valence-electron chi connectivity index (χ1n) is 9.42. The van der Waals surface area contributed by atoms with Crippen LogP contribution in [0.4, 0.5) is 0 Å². The van der Waals surface area contributed by atoms with E-state index in [1.54, 1.807) is 18.4 Å². The third-order valence-electron chi connectivity index (χ3n) is 4.95. The van der Waals surface area contributed by atoms with Crippen LogP contribution >= 0.6 is 23.1 Å². The van der Waals surface area contributed by atoms with Gasteiger partial charge in [-0.15, -0.1) is 11.3 Å². The van der Waals surface area contributed by atoms with Crippen molar-refractivity contribution < 1.29 is 9.53 Å². The molecule has 4 rings (SSSR count). The van der Waals surface area contributed by atoms with E-state index in [1.165, 1.54) is 28.6 Å². The van der Waals surface area contributed by atoms with Gasteiger partial charge in [0.1, 0.15) is 21.4 Å². The standard InChI is InChI=1S/C21H23N3O2S2/c1-12(19(25)22-11-14-7-4-5-9-16(14)26-3)27-20-18-15-8-6-10-17(15)28-21(18)24-13(2)23-20/h4-5,7,9,12H,6,8,10-11H2,1-3H3,(H,22,25)/t12-/m1/s1. The van der Waals surface area contributed by atoms with E-state index >= 15 is 0 Å². The van der Waals surface area contributed by atoms with Crippen molar-refractivity contribution in [3.8, 4) is 5.75 Å². The summed E-state index contributed by atoms with van der Waals surface area (Å²) in [6, 6.07) is 7.73. The molecular formula is C21H23N3O2S2. The van der Waals surface area contributed by atoms with Gasteiger partial charge in [0.15, 0.2) is 0 Å². The number of rotatable bonds is 6. The van der Waals surface area contributed by atoms with Crippen molar-refractivity contribution in [3.63, 3.8) is 0 Å². The lowest BCUT2D eigenvalue weighted by molar-refractivity contribution is -0.120. The van der Waals surface area contributed by atoms with Crippen LogP contribution in [0.3, 0.4) is 0 Å². The number of amides is 1. The van der Waals surface area contributed by atoms with Crippen molar-refractivity contribution >= 4 is 39.2 Å². The van der Waals surface area contributed by atoms with Gasteiger partial charge in [0.05, 0.1) is 12.4 Å². The molecule has 0 saturated heterocycles. The average Bonchev–Trinajstić information content (AvgIpc) is 3.26. The van der Waals surface area contributed by atoms with Crippen molar-refractivity contribution in [2.24, 2.45) is 0 Å². The third-order valence-corrected chi connectivity index (χ3v) is 7.22. The summed E-state index contributed by atoms with van der Waals surface area (Å²) in [7, 11) is 1.64. The number of fused-ring (bicyclic) bond motifs is 3. The molecule has 146 valence electrons. The molecule has 2 heterocycles. The normalized spacial score (nSPS) is 14.1. The van der Waals surface area contributed by atoms with E-state index in [9.17, 15) is 4.79 Å². The van der Waals surface area contributed by atoms with Crippen LogP contribution in [0.5, 0.6) is 5.75 Å². The second-order valence-electron chi connectivity index (χ2n) is 6.90. The van der Waals surface area contributed by atoms with Gasteiger partial charge in [0, 0.05) is 22.4 Å². The van der Waals surface area contributed by atoms with Crippen molar-refractivity contribution in [2.45, 2.75) is 49.9 Å². The van der Waals surface area contributed by atoms with Crippen LogP contribution in [-0.4, -0.2) is 28.2 Å². The number of aromatic nitrogens is 2. The number of hydrogen-bond acceptors (Lipinski definition) is 6. The maximum Gasteiger partial charge on any atom is 0.233 e. The van der Waals surface area contributed by atoms with Crippen molar-refractivity contribution in [3.05, 3.63) is 46.1 Å². The maximum absolute atomic E-state index is 12.7. The molecule has 0 spiro atoms. The van der Waals surface area contributed by atoms with Gasteiger partial charge in [-0.25, -0.2) is 9.97 Å². The van der Waals surface area contributed by atoms with E-state index in [2.05, 4.69) is 15.3 Å². The smallest absolute Gasteiger partial charge is 0.233 e. The number of aryl methyl sites for hydroxylation is 3. The quantitative estimate of drug-likeness (QED) is 0.482. The van der Waals surface area contributed by atoms with Gasteiger partial charge in [-0.1, -0.05) is 30.0 Å². The van der Waals surface area contributed by atoms with E-state index in [0.717, 1.165) is 45.2 Å². The molecular weight excluding hydrogens is 390 g/mol. The summed E-state index contributed by atoms with van der Waals surface area (Å²) in [6.07, 6.45) is 3.42. The number of benzene rings is 1. The summed E-state index contributed by atoms with van der Waals surface area (Å²) >= 11 is 3.31. The fraction of sp³-hybridized carbons (Fsp3) is 0.381. The molecule has 5 nitrogen and oxygen atoms in total. The lowest BCUT2D eigenvalue weighted by Gasteiger charge is -2.14. The highest BCUT2D eigenvalue weighted by molar-refractivity contribution is 8.00. The minimum absolute atomic E-state index is 0.00723. The number of para-hydroxylation sites is 1. The first-order chi connectivity index (χ1) is 13.6. The zero-order valence-corrected chi connectivity index (χ0v) is 17.9. The topological polar surface area (TPSA) is 64.1 Å². The molecule has 1 amide bonds. The molecule has 0 radical (unpaired) electrons. The van der Waals surface area contributed by atoms with E-state index in [4.69, 9.17) is 4.74 Å². The molecule has 0 unspecified atom stereocenters. The van der Waals surface area contributed by atoms with Crippen LogP contribution in [0.1, 0.15) is 35.2 Å². The molecule has 1 atom stereocenters. The zero-order chi connectivity index (χ0) is 19.7. The molecule has 7 heteroatoms. The third kappa shape index (κ3) is 3.73. The highest BCUT2D eigenvalue weighted by Crippen LogP contribution is 2.41. The largest absolute Gasteiger partial charge is 0.496 e. The predicted molar refractivity (Wildman–Crippen MR) is 114 cm³/mol. The monoisotopic (exact) mass is 413 g/mol. The molecule has 1 aromatic carbocycles. The van der Waals surface area contributed by atoms with Crippen molar-refractivity contribution in [1.82, 2.24) is 15.3 Å². The molecule has 1 aliphatic carbocycles. The Bertz CT molecular complexity index is 1030. The molecule has 0 saturated carbocycles. The lowest BCUT2D eigenvalue weighted by Crippen LogP contribution is -2.30. The number of ether oxygens (including phenoxy) is 1. The second-order valence-corrected chi connectivity index (χ2v) is 9.32. The van der Waals surface area contributed by atoms with Crippen molar-refractivity contribution in [1.29, 1.82) is 0 Å². The molecule has 0 bridgehead atoms. The van der Waals surface area contributed by atoms with E-state index < -0.39 is 0 Å². The van der Waals surface area contributed by atoms with Crippen LogP contribution in [0.15, 0.2) is 29.3 Å². The molecule has 28 heavy (non-hydrogen) atoms. The number of carbonyl (C=O) groups excluding carboxylic acids is 1. The Morgan fingerprint density at radius 1 is 1.32 bits per heavy atom. The Labute approximate surface area is 172 Å². The van der Waals surface area contributed by atoms with Crippen LogP contribution in [0.25, 0.3) is 10.2 Å². The minimum atomic E-state index is -0.246. The molecule has 1 N–H and O–H groups in total. The van der Waals surface area contributed by atoms with Crippen LogP contribution in [0, 0.1) is 6.92 Å². The van der Waals surface area contributed by atoms with Gasteiger partial charge in [0.2, 0.25) is 5.91 Å². The van der Waals surface area contributed by atoms with Gasteiger partial charge >= 0.3 is 0 Å². The SMILES string of the molecule is COc1ccccc1CNC(=O)[C@@H](C)Sc1nc(C)nc2sc3c(c12)CCC3. The number of thioether (sulfide) groups is 1. The highest BCUT2D eigenvalue weighted by atomic mass is 32.2. The molecule has 0 aliphatic heterocycles. The number of thiophene rings is 1. The summed E-state index contributed by atoms with van der Waals surface area (Å²) in [6.45, 7) is 4.29. The van der Waals surface area contributed by atoms with Gasteiger partial charge in [0.25, 0.3) is 0 Å². The second kappa shape index (κ2) is 8.09. The summed E-state index contributed by atoms with van der Waals surface area (Å²) < 4.78 is 5.36. The predicted octanol–water partition coefficient (Wildman–Crippen LogP) is 4.29. The van der Waals surface area contributed by atoms with E-state index in [1.807, 2.05) is 38.1 Å². The zero-order valence-electron chi connectivity index (χ0n) is 16.2. The van der Waals surface area contributed by atoms with Gasteiger partial charge < -0.3 is 10.1 Å². The number of carbonyl (C=O) groups is 1. The van der Waals surface area contributed by atoms with Gasteiger partial charge in [-0.3, -0.25) is 4.79 Å². The fourth-order valence-electron chi connectivity index (χ4n) is 3.55. The number of methoxy groups -OCH3 is 1. The highest BCUT2D eigenvalue weighted by Gasteiger charge is 2.24. The fourth-order valence-corrected chi connectivity index (χ4v) is 5.96. The molecule has 1 aliphatic rings. The number of nitrogens with one attached hydrogen (secondary N) is 1. The number of hydrogen-bond donors (Lipinski definition) is 1. The van der Waals surface area contributed by atoms with Crippen LogP contribution in [-0.2, 0) is 24.2 Å². The Morgan fingerprint density at radius 3 is 2.96 bits per heavy atom. The Morgan fingerprint density at radius 2 is 2.14 bits per heavy atom. The summed E-state index contributed by atoms with van der Waals surface area (Å²) in [4.78, 5) is 24.5. The van der Waals surface area contributed by atoms with Gasteiger partial charge in [-0.2, -0.15) is 0 Å². The van der Waals surface area contributed by atoms with E-state index in [-0.39, 0.29) is 11.2 Å². The Kier molecular flexibility index (Phi) is 5.55. The summed E-state index contributed by atoms with van der Waals surface area (Å²) in [5.41, 5.74) is 2.36. The average molecular weight is 414 g/mol. The van der Waals surface area contributed by atoms with Crippen LogP contribution in [0.2, 0.25) is 0 Å². The Balaban J connectivity index is 1.50. The van der Waals surface area contributed by atoms with Gasteiger partial charge in [-0.05, 0) is 44.7 Å². The van der Waals surface area contributed by atoms with E-state index in [0.29, 0.717) is 6.54 Å². The molecule has 2 aromatic heterocycles. The molecule has 3 aromatic rings. The maximum atomic E-state index is 12.7. The summed E-state index contributed by atoms with van der Waals surface area (Å²) in [5, 5.41) is 4.87. The first-order valence-corrected chi connectivity index (χ1v) is 11.1. The first kappa shape index (κ1) is 19.2. The van der Waals surface area contributed by atoms with Crippen LogP contribution < -0.4 is 10.1 Å². The minimum Gasteiger partial charge on any atom is -0.496 e. The summed E-state index contributed by atoms with van der Waals surface area (Å²) in [5.74, 6) is 1.54.